The predicted octanol–water partition coefficient (Wildman–Crippen LogP) is 3.88. The van der Waals surface area contributed by atoms with Gasteiger partial charge >= 0.3 is 0 Å². The molecule has 134 valence electrons. The Morgan fingerprint density at radius 3 is 2.62 bits per heavy atom. The van der Waals surface area contributed by atoms with Crippen LogP contribution in [0, 0.1) is 6.92 Å². The lowest BCUT2D eigenvalue weighted by molar-refractivity contribution is -0.114. The largest absolute Gasteiger partial charge is 0.302 e. The van der Waals surface area contributed by atoms with Crippen LogP contribution in [0.25, 0.3) is 11.3 Å². The second-order valence-electron chi connectivity index (χ2n) is 5.72. The van der Waals surface area contributed by atoms with Gasteiger partial charge in [0.25, 0.3) is 10.0 Å². The molecule has 0 spiro atoms. The first-order valence-corrected chi connectivity index (χ1v) is 10.1. The zero-order valence-corrected chi connectivity index (χ0v) is 15.8. The number of amides is 1. The summed E-state index contributed by atoms with van der Waals surface area (Å²) in [7, 11) is -3.67. The Morgan fingerprint density at radius 1 is 1.12 bits per heavy atom. The van der Waals surface area contributed by atoms with E-state index in [4.69, 9.17) is 0 Å². The molecule has 1 heterocycles. The summed E-state index contributed by atoms with van der Waals surface area (Å²) >= 11 is 1.31. The van der Waals surface area contributed by atoms with Gasteiger partial charge in [-0.3, -0.25) is 9.52 Å². The van der Waals surface area contributed by atoms with Gasteiger partial charge in [0, 0.05) is 23.6 Å². The number of carbonyl (C=O) groups excluding carboxylic acids is 1. The van der Waals surface area contributed by atoms with Crippen molar-refractivity contribution in [2.75, 3.05) is 10.0 Å². The number of anilines is 2. The molecule has 0 aliphatic rings. The van der Waals surface area contributed by atoms with Crippen LogP contribution in [0.3, 0.4) is 0 Å². The van der Waals surface area contributed by atoms with Crippen LogP contribution in [0.4, 0.5) is 10.8 Å². The Morgan fingerprint density at radius 2 is 1.88 bits per heavy atom. The minimum atomic E-state index is -3.67. The van der Waals surface area contributed by atoms with Gasteiger partial charge in [-0.2, -0.15) is 0 Å². The molecule has 0 unspecified atom stereocenters. The van der Waals surface area contributed by atoms with E-state index in [-0.39, 0.29) is 10.8 Å². The summed E-state index contributed by atoms with van der Waals surface area (Å²) in [6.07, 6.45) is 0. The number of aryl methyl sites for hydroxylation is 1. The number of hydrogen-bond acceptors (Lipinski definition) is 5. The average molecular weight is 387 g/mol. The molecule has 0 fully saturated rings. The predicted molar refractivity (Wildman–Crippen MR) is 104 cm³/mol. The average Bonchev–Trinajstić information content (AvgIpc) is 3.02. The van der Waals surface area contributed by atoms with Gasteiger partial charge in [-0.05, 0) is 36.8 Å². The Labute approximate surface area is 156 Å². The zero-order valence-electron chi connectivity index (χ0n) is 14.2. The van der Waals surface area contributed by atoms with Crippen molar-refractivity contribution >= 4 is 38.1 Å². The van der Waals surface area contributed by atoms with E-state index in [1.165, 1.54) is 18.3 Å². The number of sulfonamides is 1. The van der Waals surface area contributed by atoms with E-state index in [1.807, 2.05) is 19.1 Å². The highest BCUT2D eigenvalue weighted by molar-refractivity contribution is 7.92. The minimum absolute atomic E-state index is 0.189. The quantitative estimate of drug-likeness (QED) is 0.695. The molecule has 0 bridgehead atoms. The lowest BCUT2D eigenvalue weighted by Gasteiger charge is -2.09. The Balaban J connectivity index is 1.85. The first-order chi connectivity index (χ1) is 12.3. The molecule has 3 rings (SSSR count). The van der Waals surface area contributed by atoms with Crippen molar-refractivity contribution in [3.05, 3.63) is 59.5 Å². The molecular weight excluding hydrogens is 370 g/mol. The van der Waals surface area contributed by atoms with Gasteiger partial charge < -0.3 is 5.32 Å². The van der Waals surface area contributed by atoms with Gasteiger partial charge in [0.15, 0.2) is 5.13 Å². The zero-order chi connectivity index (χ0) is 18.7. The third kappa shape index (κ3) is 4.27. The van der Waals surface area contributed by atoms with Crippen LogP contribution in [-0.4, -0.2) is 19.3 Å². The highest BCUT2D eigenvalue weighted by atomic mass is 32.2. The van der Waals surface area contributed by atoms with Crippen LogP contribution in [0.1, 0.15) is 12.5 Å². The smallest absolute Gasteiger partial charge is 0.261 e. The van der Waals surface area contributed by atoms with Crippen LogP contribution in [0.15, 0.2) is 58.8 Å². The summed E-state index contributed by atoms with van der Waals surface area (Å²) in [5, 5.41) is 4.93. The lowest BCUT2D eigenvalue weighted by Crippen LogP contribution is -2.13. The standard InChI is InChI=1S/C18H17N3O3S2/c1-12-5-3-8-16(9-12)26(23,24)21-15-7-4-6-14(10-15)17-11-25-18(20-17)19-13(2)22/h3-11,21H,1-2H3,(H,19,20,22). The van der Waals surface area contributed by atoms with Crippen molar-refractivity contribution in [2.45, 2.75) is 18.7 Å². The van der Waals surface area contributed by atoms with Crippen molar-refractivity contribution < 1.29 is 13.2 Å². The van der Waals surface area contributed by atoms with Gasteiger partial charge in [0.1, 0.15) is 0 Å². The summed E-state index contributed by atoms with van der Waals surface area (Å²) in [5.41, 5.74) is 2.73. The fraction of sp³-hybridized carbons (Fsp3) is 0.111. The van der Waals surface area contributed by atoms with E-state index in [0.29, 0.717) is 16.5 Å². The summed E-state index contributed by atoms with van der Waals surface area (Å²) in [6, 6.07) is 13.7. The molecule has 1 aromatic heterocycles. The molecule has 0 atom stereocenters. The topological polar surface area (TPSA) is 88.2 Å². The van der Waals surface area contributed by atoms with Gasteiger partial charge in [0.2, 0.25) is 5.91 Å². The van der Waals surface area contributed by atoms with Gasteiger partial charge in [0.05, 0.1) is 10.6 Å². The van der Waals surface area contributed by atoms with E-state index in [2.05, 4.69) is 15.0 Å². The molecular formula is C18H17N3O3S2. The number of benzene rings is 2. The van der Waals surface area contributed by atoms with Crippen LogP contribution in [0.2, 0.25) is 0 Å². The van der Waals surface area contributed by atoms with Crippen molar-refractivity contribution in [2.24, 2.45) is 0 Å². The van der Waals surface area contributed by atoms with E-state index in [9.17, 15) is 13.2 Å². The molecule has 6 nitrogen and oxygen atoms in total. The summed E-state index contributed by atoms with van der Waals surface area (Å²) in [4.78, 5) is 15.7. The second kappa shape index (κ2) is 7.27. The molecule has 3 aromatic rings. The Hall–Kier alpha value is -2.71. The summed E-state index contributed by atoms with van der Waals surface area (Å²) in [5.74, 6) is -0.189. The van der Waals surface area contributed by atoms with Crippen LogP contribution < -0.4 is 10.0 Å². The lowest BCUT2D eigenvalue weighted by atomic mass is 10.1. The number of nitrogens with one attached hydrogen (secondary N) is 2. The number of nitrogens with zero attached hydrogens (tertiary/aromatic N) is 1. The highest BCUT2D eigenvalue weighted by Gasteiger charge is 2.15. The summed E-state index contributed by atoms with van der Waals surface area (Å²) < 4.78 is 27.7. The van der Waals surface area contributed by atoms with Gasteiger partial charge in [-0.15, -0.1) is 11.3 Å². The monoisotopic (exact) mass is 387 g/mol. The third-order valence-electron chi connectivity index (χ3n) is 3.50. The fourth-order valence-corrected chi connectivity index (χ4v) is 4.27. The van der Waals surface area contributed by atoms with E-state index in [0.717, 1.165) is 11.1 Å². The molecule has 0 saturated heterocycles. The molecule has 0 aliphatic carbocycles. The van der Waals surface area contributed by atoms with Crippen LogP contribution >= 0.6 is 11.3 Å². The third-order valence-corrected chi connectivity index (χ3v) is 5.63. The highest BCUT2D eigenvalue weighted by Crippen LogP contribution is 2.27. The second-order valence-corrected chi connectivity index (χ2v) is 8.26. The molecule has 2 N–H and O–H groups in total. The van der Waals surface area contributed by atoms with Crippen LogP contribution in [-0.2, 0) is 14.8 Å². The Bertz CT molecular complexity index is 1060. The molecule has 1 amide bonds. The first-order valence-electron chi connectivity index (χ1n) is 7.76. The van der Waals surface area contributed by atoms with E-state index < -0.39 is 10.0 Å². The molecule has 26 heavy (non-hydrogen) atoms. The molecule has 0 saturated carbocycles. The minimum Gasteiger partial charge on any atom is -0.302 e. The Kier molecular flexibility index (Phi) is 5.06. The number of carbonyl (C=O) groups is 1. The van der Waals surface area contributed by atoms with Crippen molar-refractivity contribution in [1.82, 2.24) is 4.98 Å². The van der Waals surface area contributed by atoms with E-state index in [1.54, 1.807) is 41.8 Å². The first kappa shape index (κ1) is 18.1. The molecule has 8 heteroatoms. The molecule has 0 aliphatic heterocycles. The maximum Gasteiger partial charge on any atom is 0.261 e. The van der Waals surface area contributed by atoms with Crippen molar-refractivity contribution in [3.8, 4) is 11.3 Å². The fourth-order valence-electron chi connectivity index (χ4n) is 2.35. The van der Waals surface area contributed by atoms with Gasteiger partial charge in [-0.25, -0.2) is 13.4 Å². The van der Waals surface area contributed by atoms with Crippen LogP contribution in [0.5, 0.6) is 0 Å². The number of aromatic nitrogens is 1. The van der Waals surface area contributed by atoms with Gasteiger partial charge in [-0.1, -0.05) is 24.3 Å². The normalized spacial score (nSPS) is 11.2. The maximum absolute atomic E-state index is 12.6. The maximum atomic E-state index is 12.6. The van der Waals surface area contributed by atoms with E-state index >= 15 is 0 Å². The number of rotatable bonds is 5. The number of hydrogen-bond donors (Lipinski definition) is 2. The molecule has 2 aromatic carbocycles. The number of thiazole rings is 1. The SMILES string of the molecule is CC(=O)Nc1nc(-c2cccc(NS(=O)(=O)c3cccc(C)c3)c2)cs1. The summed E-state index contributed by atoms with van der Waals surface area (Å²) in [6.45, 7) is 3.26. The van der Waals surface area contributed by atoms with Crippen molar-refractivity contribution in [1.29, 1.82) is 0 Å². The van der Waals surface area contributed by atoms with Crippen molar-refractivity contribution in [3.63, 3.8) is 0 Å². The molecule has 0 radical (unpaired) electrons.